The van der Waals surface area contributed by atoms with Crippen molar-refractivity contribution in [3.63, 3.8) is 0 Å². The van der Waals surface area contributed by atoms with Crippen LogP contribution >= 0.6 is 0 Å². The molecule has 1 aromatic carbocycles. The Hall–Kier alpha value is -1.55. The molecule has 2 aliphatic heterocycles. The molecule has 1 amide bonds. The summed E-state index contributed by atoms with van der Waals surface area (Å²) in [5.74, 6) is 0.948. The molecule has 0 aromatic heterocycles. The van der Waals surface area contributed by atoms with Gasteiger partial charge in [-0.1, -0.05) is 24.6 Å². The molecule has 1 aromatic rings. The number of nitrogens with one attached hydrogen (secondary N) is 1. The number of carbonyl (C=O) groups is 1. The minimum atomic E-state index is -0.346. The molecule has 0 bridgehead atoms. The lowest BCUT2D eigenvalue weighted by molar-refractivity contribution is -0.136. The van der Waals surface area contributed by atoms with Crippen LogP contribution in [0, 0.1) is 0 Å². The number of piperidine rings is 1. The zero-order chi connectivity index (χ0) is 13.9. The highest BCUT2D eigenvalue weighted by molar-refractivity contribution is 5.82. The zero-order valence-electron chi connectivity index (χ0n) is 12.0. The molecule has 108 valence electrons. The average molecular weight is 274 g/mol. The van der Waals surface area contributed by atoms with E-state index in [1.165, 1.54) is 12.8 Å². The lowest BCUT2D eigenvalue weighted by atomic mass is 10.0. The topological polar surface area (TPSA) is 41.6 Å². The second-order valence-corrected chi connectivity index (χ2v) is 5.78. The Morgan fingerprint density at radius 2 is 2.25 bits per heavy atom. The number of fused-ring (bicyclic) bond motifs is 1. The van der Waals surface area contributed by atoms with E-state index in [9.17, 15) is 4.79 Å². The van der Waals surface area contributed by atoms with Crippen LogP contribution in [0.25, 0.3) is 0 Å². The highest BCUT2D eigenvalue weighted by Crippen LogP contribution is 2.28. The predicted molar refractivity (Wildman–Crippen MR) is 77.8 cm³/mol. The maximum Gasteiger partial charge on any atom is 0.263 e. The summed E-state index contributed by atoms with van der Waals surface area (Å²) < 4.78 is 5.77. The number of ether oxygens (including phenoxy) is 1. The van der Waals surface area contributed by atoms with E-state index < -0.39 is 0 Å². The molecular formula is C16H22N2O2. The van der Waals surface area contributed by atoms with Crippen LogP contribution in [0.15, 0.2) is 24.3 Å². The number of hydrogen-bond donors (Lipinski definition) is 1. The monoisotopic (exact) mass is 274 g/mol. The lowest BCUT2D eigenvalue weighted by Crippen LogP contribution is -2.47. The third-order valence-corrected chi connectivity index (χ3v) is 4.21. The van der Waals surface area contributed by atoms with Crippen LogP contribution in [0.3, 0.4) is 0 Å². The van der Waals surface area contributed by atoms with E-state index in [0.717, 1.165) is 30.8 Å². The number of para-hydroxylation sites is 1. The molecule has 3 rings (SSSR count). The summed E-state index contributed by atoms with van der Waals surface area (Å²) in [6, 6.07) is 8.34. The van der Waals surface area contributed by atoms with Gasteiger partial charge >= 0.3 is 0 Å². The maximum atomic E-state index is 12.5. The fourth-order valence-electron chi connectivity index (χ4n) is 3.07. The second-order valence-electron chi connectivity index (χ2n) is 5.78. The molecule has 0 aliphatic carbocycles. The summed E-state index contributed by atoms with van der Waals surface area (Å²) in [7, 11) is 1.88. The summed E-state index contributed by atoms with van der Waals surface area (Å²) in [6.45, 7) is 1.84. The summed E-state index contributed by atoms with van der Waals surface area (Å²) in [4.78, 5) is 14.3. The second kappa shape index (κ2) is 5.83. The van der Waals surface area contributed by atoms with Crippen LogP contribution in [0.5, 0.6) is 5.75 Å². The van der Waals surface area contributed by atoms with Gasteiger partial charge in [-0.2, -0.15) is 0 Å². The van der Waals surface area contributed by atoms with Gasteiger partial charge in [0.05, 0.1) is 0 Å². The van der Waals surface area contributed by atoms with E-state index in [2.05, 4.69) is 5.32 Å². The van der Waals surface area contributed by atoms with Crippen molar-refractivity contribution in [2.75, 3.05) is 20.1 Å². The van der Waals surface area contributed by atoms with E-state index >= 15 is 0 Å². The van der Waals surface area contributed by atoms with E-state index in [4.69, 9.17) is 4.74 Å². The fourth-order valence-corrected chi connectivity index (χ4v) is 3.07. The van der Waals surface area contributed by atoms with Crippen LogP contribution in [-0.2, 0) is 11.2 Å². The standard InChI is InChI=1S/C16H22N2O2/c1-18(11-13-7-4-5-9-17-13)16(19)15-10-12-6-2-3-8-14(12)20-15/h2-3,6,8,13,15,17H,4-5,7,9-11H2,1H3. The van der Waals surface area contributed by atoms with E-state index in [1.54, 1.807) is 0 Å². The Morgan fingerprint density at radius 3 is 3.00 bits per heavy atom. The molecule has 20 heavy (non-hydrogen) atoms. The molecule has 4 heteroatoms. The van der Waals surface area contributed by atoms with Crippen LogP contribution in [0.1, 0.15) is 24.8 Å². The quantitative estimate of drug-likeness (QED) is 0.910. The number of rotatable bonds is 3. The summed E-state index contributed by atoms with van der Waals surface area (Å²) in [5, 5.41) is 3.48. The molecule has 2 atom stereocenters. The van der Waals surface area contributed by atoms with Gasteiger partial charge in [-0.25, -0.2) is 0 Å². The molecule has 1 fully saturated rings. The van der Waals surface area contributed by atoms with Crippen molar-refractivity contribution in [2.45, 2.75) is 37.8 Å². The largest absolute Gasteiger partial charge is 0.480 e. The highest BCUT2D eigenvalue weighted by atomic mass is 16.5. The fraction of sp³-hybridized carbons (Fsp3) is 0.562. The number of likely N-dealkylation sites (N-methyl/N-ethyl adjacent to an activating group) is 1. The van der Waals surface area contributed by atoms with Gasteiger partial charge in [-0.05, 0) is 31.0 Å². The molecule has 2 heterocycles. The first-order chi connectivity index (χ1) is 9.74. The Bertz CT molecular complexity index is 458. The van der Waals surface area contributed by atoms with Crippen LogP contribution in [0.4, 0.5) is 0 Å². The Morgan fingerprint density at radius 1 is 1.40 bits per heavy atom. The number of benzene rings is 1. The van der Waals surface area contributed by atoms with Crippen molar-refractivity contribution in [3.8, 4) is 5.75 Å². The number of carbonyl (C=O) groups excluding carboxylic acids is 1. The normalized spacial score (nSPS) is 24.9. The average Bonchev–Trinajstić information content (AvgIpc) is 2.91. The Labute approximate surface area is 120 Å². The van der Waals surface area contributed by atoms with E-state index in [0.29, 0.717) is 12.5 Å². The SMILES string of the molecule is CN(CC1CCCCN1)C(=O)C1Cc2ccccc2O1. The van der Waals surface area contributed by atoms with Crippen LogP contribution < -0.4 is 10.1 Å². The van der Waals surface area contributed by atoms with Crippen molar-refractivity contribution < 1.29 is 9.53 Å². The first kappa shape index (κ1) is 13.4. The molecule has 0 saturated carbocycles. The minimum absolute atomic E-state index is 0.0913. The lowest BCUT2D eigenvalue weighted by Gasteiger charge is -2.29. The number of amides is 1. The third-order valence-electron chi connectivity index (χ3n) is 4.21. The number of hydrogen-bond acceptors (Lipinski definition) is 3. The minimum Gasteiger partial charge on any atom is -0.480 e. The molecule has 0 spiro atoms. The van der Waals surface area contributed by atoms with Crippen LogP contribution in [0.2, 0.25) is 0 Å². The van der Waals surface area contributed by atoms with Crippen LogP contribution in [-0.4, -0.2) is 43.1 Å². The molecule has 1 saturated heterocycles. The van der Waals surface area contributed by atoms with Crippen molar-refractivity contribution in [1.82, 2.24) is 10.2 Å². The highest BCUT2D eigenvalue weighted by Gasteiger charge is 2.31. The summed E-state index contributed by atoms with van der Waals surface area (Å²) in [5.41, 5.74) is 1.13. The van der Waals surface area contributed by atoms with Gasteiger partial charge in [0.25, 0.3) is 5.91 Å². The smallest absolute Gasteiger partial charge is 0.263 e. The van der Waals surface area contributed by atoms with Crippen molar-refractivity contribution in [1.29, 1.82) is 0 Å². The predicted octanol–water partition coefficient (Wildman–Crippen LogP) is 1.59. The Kier molecular flexibility index (Phi) is 3.92. The molecule has 4 nitrogen and oxygen atoms in total. The Balaban J connectivity index is 1.57. The van der Waals surface area contributed by atoms with Gasteiger partial charge in [0.1, 0.15) is 5.75 Å². The molecule has 2 unspecified atom stereocenters. The zero-order valence-corrected chi connectivity index (χ0v) is 12.0. The molecular weight excluding hydrogens is 252 g/mol. The van der Waals surface area contributed by atoms with Gasteiger partial charge in [-0.15, -0.1) is 0 Å². The molecule has 2 aliphatic rings. The molecule has 0 radical (unpaired) electrons. The first-order valence-electron chi connectivity index (χ1n) is 7.47. The van der Waals surface area contributed by atoms with Gasteiger partial charge in [0, 0.05) is 26.1 Å². The summed E-state index contributed by atoms with van der Waals surface area (Å²) >= 11 is 0. The van der Waals surface area contributed by atoms with E-state index in [-0.39, 0.29) is 12.0 Å². The van der Waals surface area contributed by atoms with E-state index in [1.807, 2.05) is 36.2 Å². The summed E-state index contributed by atoms with van der Waals surface area (Å²) in [6.07, 6.45) is 4.00. The van der Waals surface area contributed by atoms with Gasteiger partial charge in [0.2, 0.25) is 0 Å². The molecule has 1 N–H and O–H groups in total. The van der Waals surface area contributed by atoms with Crippen molar-refractivity contribution >= 4 is 5.91 Å². The third kappa shape index (κ3) is 2.80. The van der Waals surface area contributed by atoms with Gasteiger partial charge in [-0.3, -0.25) is 4.79 Å². The number of nitrogens with zero attached hydrogens (tertiary/aromatic N) is 1. The van der Waals surface area contributed by atoms with Gasteiger partial charge < -0.3 is 15.0 Å². The van der Waals surface area contributed by atoms with Gasteiger partial charge in [0.15, 0.2) is 6.10 Å². The maximum absolute atomic E-state index is 12.5. The first-order valence-corrected chi connectivity index (χ1v) is 7.47. The van der Waals surface area contributed by atoms with Crippen molar-refractivity contribution in [3.05, 3.63) is 29.8 Å². The van der Waals surface area contributed by atoms with Crippen molar-refractivity contribution in [2.24, 2.45) is 0 Å².